The van der Waals surface area contributed by atoms with Crippen LogP contribution in [0, 0.1) is 5.92 Å². The highest BCUT2D eigenvalue weighted by molar-refractivity contribution is 4.89. The van der Waals surface area contributed by atoms with E-state index in [0.29, 0.717) is 6.17 Å². The maximum atomic E-state index is 3.86. The highest BCUT2D eigenvalue weighted by atomic mass is 15.3. The first kappa shape index (κ1) is 12.3. The van der Waals surface area contributed by atoms with Crippen molar-refractivity contribution in [3.63, 3.8) is 0 Å². The van der Waals surface area contributed by atoms with E-state index in [-0.39, 0.29) is 0 Å². The second kappa shape index (κ2) is 5.99. The first-order valence-electron chi connectivity index (χ1n) is 7.06. The van der Waals surface area contributed by atoms with Crippen molar-refractivity contribution in [2.45, 2.75) is 51.7 Å². The zero-order valence-electron chi connectivity index (χ0n) is 10.8. The van der Waals surface area contributed by atoms with Crippen molar-refractivity contribution in [1.82, 2.24) is 15.5 Å². The van der Waals surface area contributed by atoms with E-state index in [2.05, 4.69) is 29.4 Å². The Morgan fingerprint density at radius 3 is 2.31 bits per heavy atom. The Balaban J connectivity index is 1.82. The molecule has 3 heteroatoms. The fourth-order valence-corrected chi connectivity index (χ4v) is 3.32. The summed E-state index contributed by atoms with van der Waals surface area (Å²) in [6, 6.07) is 0.785. The molecule has 0 aliphatic carbocycles. The van der Waals surface area contributed by atoms with Gasteiger partial charge in [-0.15, -0.1) is 0 Å². The highest BCUT2D eigenvalue weighted by Gasteiger charge is 2.32. The summed E-state index contributed by atoms with van der Waals surface area (Å²) in [5.74, 6) is 0.918. The van der Waals surface area contributed by atoms with Crippen LogP contribution in [0.25, 0.3) is 0 Å². The van der Waals surface area contributed by atoms with Crippen molar-refractivity contribution >= 4 is 0 Å². The summed E-state index contributed by atoms with van der Waals surface area (Å²) < 4.78 is 0. The third kappa shape index (κ3) is 2.76. The van der Waals surface area contributed by atoms with E-state index >= 15 is 0 Å². The van der Waals surface area contributed by atoms with Gasteiger partial charge in [-0.2, -0.15) is 0 Å². The molecule has 2 unspecified atom stereocenters. The summed E-state index contributed by atoms with van der Waals surface area (Å²) in [5.41, 5.74) is 0. The molecule has 0 saturated carbocycles. The smallest absolute Gasteiger partial charge is 0.0599 e. The number of piperidine rings is 1. The molecular weight excluding hydrogens is 198 g/mol. The molecule has 94 valence electrons. The molecule has 0 radical (unpaired) electrons. The largest absolute Gasteiger partial charge is 0.317 e. The van der Waals surface area contributed by atoms with Crippen molar-refractivity contribution in [3.05, 3.63) is 0 Å². The zero-order chi connectivity index (χ0) is 11.4. The van der Waals surface area contributed by atoms with Crippen LogP contribution in [-0.2, 0) is 0 Å². The minimum absolute atomic E-state index is 0.648. The molecule has 2 aliphatic heterocycles. The van der Waals surface area contributed by atoms with Crippen LogP contribution in [-0.4, -0.2) is 43.3 Å². The minimum Gasteiger partial charge on any atom is -0.317 e. The number of nitrogens with one attached hydrogen (secondary N) is 2. The summed E-state index contributed by atoms with van der Waals surface area (Å²) in [7, 11) is 0. The SMILES string of the molecule is CCN(CC)C1CCC(C2CCNCC2)N1. The van der Waals surface area contributed by atoms with Gasteiger partial charge in [0, 0.05) is 6.04 Å². The number of hydrogen-bond acceptors (Lipinski definition) is 3. The van der Waals surface area contributed by atoms with Gasteiger partial charge in [0.05, 0.1) is 6.17 Å². The average Bonchev–Trinajstić information content (AvgIpc) is 2.81. The minimum atomic E-state index is 0.648. The monoisotopic (exact) mass is 225 g/mol. The lowest BCUT2D eigenvalue weighted by Gasteiger charge is -2.31. The van der Waals surface area contributed by atoms with E-state index in [0.717, 1.165) is 12.0 Å². The van der Waals surface area contributed by atoms with E-state index in [1.165, 1.54) is 51.9 Å². The molecule has 16 heavy (non-hydrogen) atoms. The van der Waals surface area contributed by atoms with Crippen molar-refractivity contribution < 1.29 is 0 Å². The van der Waals surface area contributed by atoms with Gasteiger partial charge in [-0.3, -0.25) is 10.2 Å². The number of hydrogen-bond donors (Lipinski definition) is 2. The topological polar surface area (TPSA) is 27.3 Å². The van der Waals surface area contributed by atoms with Gasteiger partial charge in [0.2, 0.25) is 0 Å². The molecule has 2 aliphatic rings. The predicted octanol–water partition coefficient (Wildman–Crippen LogP) is 1.41. The van der Waals surface area contributed by atoms with E-state index < -0.39 is 0 Å². The van der Waals surface area contributed by atoms with E-state index in [1.807, 2.05) is 0 Å². The summed E-state index contributed by atoms with van der Waals surface area (Å²) in [6.07, 6.45) is 6.10. The maximum Gasteiger partial charge on any atom is 0.0599 e. The zero-order valence-corrected chi connectivity index (χ0v) is 10.8. The highest BCUT2D eigenvalue weighted by Crippen LogP contribution is 2.26. The third-order valence-corrected chi connectivity index (χ3v) is 4.36. The number of nitrogens with zero attached hydrogens (tertiary/aromatic N) is 1. The molecule has 0 amide bonds. The lowest BCUT2D eigenvalue weighted by atomic mass is 9.89. The quantitative estimate of drug-likeness (QED) is 0.757. The Kier molecular flexibility index (Phi) is 4.62. The molecule has 2 fully saturated rings. The van der Waals surface area contributed by atoms with Gasteiger partial charge >= 0.3 is 0 Å². The summed E-state index contributed by atoms with van der Waals surface area (Å²) in [5, 5.41) is 7.32. The van der Waals surface area contributed by atoms with Crippen LogP contribution in [0.2, 0.25) is 0 Å². The van der Waals surface area contributed by atoms with Crippen LogP contribution >= 0.6 is 0 Å². The standard InChI is InChI=1S/C13H27N3/c1-3-16(4-2)13-6-5-12(15-13)11-7-9-14-10-8-11/h11-15H,3-10H2,1-2H3. The molecule has 2 heterocycles. The van der Waals surface area contributed by atoms with Crippen molar-refractivity contribution in [2.75, 3.05) is 26.2 Å². The molecule has 0 bridgehead atoms. The van der Waals surface area contributed by atoms with Crippen LogP contribution in [0.1, 0.15) is 39.5 Å². The molecule has 2 saturated heterocycles. The van der Waals surface area contributed by atoms with Gasteiger partial charge in [-0.05, 0) is 57.8 Å². The van der Waals surface area contributed by atoms with Crippen LogP contribution < -0.4 is 10.6 Å². The first-order valence-corrected chi connectivity index (χ1v) is 7.06. The Bertz CT molecular complexity index is 197. The Morgan fingerprint density at radius 2 is 1.69 bits per heavy atom. The molecular formula is C13H27N3. The second-order valence-electron chi connectivity index (χ2n) is 5.17. The lowest BCUT2D eigenvalue weighted by Crippen LogP contribution is -2.47. The van der Waals surface area contributed by atoms with Gasteiger partial charge in [0.1, 0.15) is 0 Å². The summed E-state index contributed by atoms with van der Waals surface area (Å²) in [6.45, 7) is 9.32. The maximum absolute atomic E-state index is 3.86. The van der Waals surface area contributed by atoms with E-state index in [1.54, 1.807) is 0 Å². The molecule has 0 aromatic carbocycles. The molecule has 2 atom stereocenters. The predicted molar refractivity (Wildman–Crippen MR) is 68.5 cm³/mol. The van der Waals surface area contributed by atoms with Crippen LogP contribution in [0.3, 0.4) is 0 Å². The van der Waals surface area contributed by atoms with E-state index in [4.69, 9.17) is 0 Å². The van der Waals surface area contributed by atoms with Crippen LogP contribution in [0.5, 0.6) is 0 Å². The first-order chi connectivity index (χ1) is 7.85. The molecule has 0 aromatic rings. The van der Waals surface area contributed by atoms with Gasteiger partial charge in [0.15, 0.2) is 0 Å². The van der Waals surface area contributed by atoms with Crippen molar-refractivity contribution in [3.8, 4) is 0 Å². The van der Waals surface area contributed by atoms with Gasteiger partial charge in [0.25, 0.3) is 0 Å². The molecule has 0 spiro atoms. The van der Waals surface area contributed by atoms with E-state index in [9.17, 15) is 0 Å². The fourth-order valence-electron chi connectivity index (χ4n) is 3.32. The molecule has 2 N–H and O–H groups in total. The number of rotatable bonds is 4. The molecule has 2 rings (SSSR count). The molecule has 0 aromatic heterocycles. The van der Waals surface area contributed by atoms with Gasteiger partial charge < -0.3 is 5.32 Å². The van der Waals surface area contributed by atoms with Crippen LogP contribution in [0.15, 0.2) is 0 Å². The summed E-state index contributed by atoms with van der Waals surface area (Å²) >= 11 is 0. The Morgan fingerprint density at radius 1 is 1.00 bits per heavy atom. The third-order valence-electron chi connectivity index (χ3n) is 4.36. The average molecular weight is 225 g/mol. The molecule has 3 nitrogen and oxygen atoms in total. The normalized spacial score (nSPS) is 32.4. The second-order valence-corrected chi connectivity index (χ2v) is 5.17. The van der Waals surface area contributed by atoms with Crippen molar-refractivity contribution in [1.29, 1.82) is 0 Å². The van der Waals surface area contributed by atoms with Crippen molar-refractivity contribution in [2.24, 2.45) is 5.92 Å². The lowest BCUT2D eigenvalue weighted by molar-refractivity contribution is 0.184. The van der Waals surface area contributed by atoms with Gasteiger partial charge in [-0.25, -0.2) is 0 Å². The summed E-state index contributed by atoms with van der Waals surface area (Å²) in [4.78, 5) is 2.56. The fraction of sp³-hybridized carbons (Fsp3) is 1.00. The van der Waals surface area contributed by atoms with Gasteiger partial charge in [-0.1, -0.05) is 13.8 Å². The Labute approximate surface area is 100.0 Å². The Hall–Kier alpha value is -0.120. The van der Waals surface area contributed by atoms with Crippen LogP contribution in [0.4, 0.5) is 0 Å².